The van der Waals surface area contributed by atoms with E-state index in [0.717, 1.165) is 22.3 Å². The molecule has 0 aliphatic heterocycles. The van der Waals surface area contributed by atoms with Gasteiger partial charge in [-0.05, 0) is 156 Å². The number of nitriles is 1. The van der Waals surface area contributed by atoms with Crippen LogP contribution in [0.1, 0.15) is 5.56 Å². The van der Waals surface area contributed by atoms with E-state index in [9.17, 15) is 5.26 Å². The Bertz CT molecular complexity index is 3860. The maximum atomic E-state index is 10.7. The van der Waals surface area contributed by atoms with Crippen molar-refractivity contribution in [2.45, 2.75) is 0 Å². The second kappa shape index (κ2) is 15.2. The fraction of sp³-hybridized carbons (Fsp3) is 0. The topological polar surface area (TPSA) is 23.8 Å². The molecular weight excluding hydrogens is 795 g/mol. The molecule has 0 heterocycles. The van der Waals surface area contributed by atoms with E-state index in [4.69, 9.17) is 0 Å². The first-order valence-corrected chi connectivity index (χ1v) is 22.6. The molecule has 66 heavy (non-hydrogen) atoms. The molecule has 12 aromatic rings. The number of hydrogen-bond acceptors (Lipinski definition) is 1. The number of nitrogens with zero attached hydrogens (tertiary/aromatic N) is 1. The average molecular weight is 834 g/mol. The van der Waals surface area contributed by atoms with Crippen LogP contribution in [0.5, 0.6) is 0 Å². The van der Waals surface area contributed by atoms with Gasteiger partial charge in [0.05, 0.1) is 11.6 Å². The van der Waals surface area contributed by atoms with Gasteiger partial charge in [-0.3, -0.25) is 0 Å². The third kappa shape index (κ3) is 5.79. The van der Waals surface area contributed by atoms with Crippen molar-refractivity contribution in [1.29, 1.82) is 5.26 Å². The van der Waals surface area contributed by atoms with Crippen molar-refractivity contribution in [2.24, 2.45) is 0 Å². The molecule has 0 aromatic heterocycles. The van der Waals surface area contributed by atoms with Crippen molar-refractivity contribution in [3.8, 4) is 95.1 Å². The van der Waals surface area contributed by atoms with Gasteiger partial charge in [-0.25, -0.2) is 0 Å². The first-order chi connectivity index (χ1) is 32.7. The minimum Gasteiger partial charge on any atom is -0.192 e. The Balaban J connectivity index is 1.05. The van der Waals surface area contributed by atoms with Crippen LogP contribution >= 0.6 is 0 Å². The summed E-state index contributed by atoms with van der Waals surface area (Å²) in [5.74, 6) is 0. The van der Waals surface area contributed by atoms with Gasteiger partial charge < -0.3 is 0 Å². The summed E-state index contributed by atoms with van der Waals surface area (Å²) in [6.45, 7) is 0. The van der Waals surface area contributed by atoms with Crippen LogP contribution in [-0.4, -0.2) is 0 Å². The molecule has 0 fully saturated rings. The predicted octanol–water partition coefficient (Wildman–Crippen LogP) is 17.8. The average Bonchev–Trinajstić information content (AvgIpc) is 3.72. The SMILES string of the molecule is N#Cc1cc(-c2ccc3c(-c4ccccc4)c4ccccc4c(-c4ccccc4)c3c2)cc(-c2ccc3c4c(cccc24)-c2c-3c(-c3ccccc3)c3ccccc3c2-c2ccccc2)c1. The summed E-state index contributed by atoms with van der Waals surface area (Å²) in [6, 6.07) is 88.2. The Morgan fingerprint density at radius 1 is 0.227 bits per heavy atom. The number of rotatable bonds is 6. The first-order valence-electron chi connectivity index (χ1n) is 22.6. The number of fused-ring (bicyclic) bond motifs is 6. The maximum absolute atomic E-state index is 10.7. The zero-order valence-electron chi connectivity index (χ0n) is 36.0. The zero-order valence-corrected chi connectivity index (χ0v) is 36.0. The van der Waals surface area contributed by atoms with Crippen molar-refractivity contribution in [3.05, 3.63) is 242 Å². The lowest BCUT2D eigenvalue weighted by Crippen LogP contribution is -1.93. The monoisotopic (exact) mass is 833 g/mol. The molecule has 1 aliphatic carbocycles. The van der Waals surface area contributed by atoms with Crippen LogP contribution in [0.15, 0.2) is 237 Å². The van der Waals surface area contributed by atoms with Crippen LogP contribution in [0.25, 0.3) is 132 Å². The Morgan fingerprint density at radius 3 is 1.17 bits per heavy atom. The van der Waals surface area contributed by atoms with Crippen LogP contribution in [0.3, 0.4) is 0 Å². The molecule has 1 nitrogen and oxygen atoms in total. The molecule has 1 aliphatic rings. The molecule has 0 spiro atoms. The Morgan fingerprint density at radius 2 is 0.636 bits per heavy atom. The Hall–Kier alpha value is -8.83. The highest BCUT2D eigenvalue weighted by Gasteiger charge is 2.31. The highest BCUT2D eigenvalue weighted by atomic mass is 14.3. The summed E-state index contributed by atoms with van der Waals surface area (Å²) in [5.41, 5.74) is 19.6. The molecule has 0 saturated carbocycles. The lowest BCUT2D eigenvalue weighted by Gasteiger charge is -2.20. The van der Waals surface area contributed by atoms with Crippen LogP contribution in [0, 0.1) is 11.3 Å². The smallest absolute Gasteiger partial charge is 0.0992 e. The maximum Gasteiger partial charge on any atom is 0.0992 e. The quantitative estimate of drug-likeness (QED) is 0.153. The van der Waals surface area contributed by atoms with Crippen molar-refractivity contribution >= 4 is 43.1 Å². The van der Waals surface area contributed by atoms with E-state index in [1.165, 1.54) is 110 Å². The number of hydrogen-bond donors (Lipinski definition) is 0. The summed E-state index contributed by atoms with van der Waals surface area (Å²) in [6.07, 6.45) is 0. The highest BCUT2D eigenvalue weighted by Crippen LogP contribution is 2.58. The summed E-state index contributed by atoms with van der Waals surface area (Å²) in [5, 5.41) is 20.4. The van der Waals surface area contributed by atoms with E-state index >= 15 is 0 Å². The van der Waals surface area contributed by atoms with Gasteiger partial charge in [0.2, 0.25) is 0 Å². The third-order valence-electron chi connectivity index (χ3n) is 13.8. The summed E-state index contributed by atoms with van der Waals surface area (Å²) >= 11 is 0. The van der Waals surface area contributed by atoms with Crippen molar-refractivity contribution < 1.29 is 0 Å². The molecule has 0 saturated heterocycles. The van der Waals surface area contributed by atoms with Gasteiger partial charge in [-0.15, -0.1) is 0 Å². The van der Waals surface area contributed by atoms with Gasteiger partial charge in [0.15, 0.2) is 0 Å². The molecule has 12 aromatic carbocycles. The van der Waals surface area contributed by atoms with E-state index in [0.29, 0.717) is 5.56 Å². The fourth-order valence-corrected chi connectivity index (χ4v) is 11.1. The van der Waals surface area contributed by atoms with E-state index in [1.54, 1.807) is 0 Å². The van der Waals surface area contributed by atoms with Crippen LogP contribution in [0.2, 0.25) is 0 Å². The first kappa shape index (κ1) is 37.7. The molecule has 1 heteroatoms. The van der Waals surface area contributed by atoms with Crippen molar-refractivity contribution in [3.63, 3.8) is 0 Å². The van der Waals surface area contributed by atoms with Gasteiger partial charge >= 0.3 is 0 Å². The van der Waals surface area contributed by atoms with E-state index in [2.05, 4.69) is 237 Å². The zero-order chi connectivity index (χ0) is 43.7. The minimum absolute atomic E-state index is 0.630. The fourth-order valence-electron chi connectivity index (χ4n) is 11.1. The van der Waals surface area contributed by atoms with Crippen LogP contribution in [0.4, 0.5) is 0 Å². The lowest BCUT2D eigenvalue weighted by molar-refractivity contribution is 1.48. The molecule has 304 valence electrons. The summed E-state index contributed by atoms with van der Waals surface area (Å²) in [4.78, 5) is 0. The standard InChI is InChI=1S/C65H39N/c66-40-41-36-47(46-32-33-55-58(39-46)60(43-20-7-2-8-21-43)52-27-14-13-26-51(52)59(55)42-18-5-1-6-19-42)38-48(37-41)49-34-35-57-63-50(49)30-17-31-56(63)64-61(44-22-9-3-10-23-44)53-28-15-16-29-54(53)62(65(57)64)45-24-11-4-12-25-45/h1-39H. The van der Waals surface area contributed by atoms with Gasteiger partial charge in [0, 0.05) is 0 Å². The molecule has 13 rings (SSSR count). The van der Waals surface area contributed by atoms with E-state index in [-0.39, 0.29) is 0 Å². The summed E-state index contributed by atoms with van der Waals surface area (Å²) in [7, 11) is 0. The molecule has 0 unspecified atom stereocenters. The van der Waals surface area contributed by atoms with Gasteiger partial charge in [0.25, 0.3) is 0 Å². The molecule has 0 radical (unpaired) electrons. The van der Waals surface area contributed by atoms with E-state index in [1.807, 2.05) is 6.07 Å². The third-order valence-corrected chi connectivity index (χ3v) is 13.8. The van der Waals surface area contributed by atoms with E-state index < -0.39 is 0 Å². The molecule has 0 N–H and O–H groups in total. The number of benzene rings is 12. The minimum atomic E-state index is 0.630. The Labute approximate surface area is 383 Å². The van der Waals surface area contributed by atoms with Crippen molar-refractivity contribution in [2.75, 3.05) is 0 Å². The Kier molecular flexibility index (Phi) is 8.66. The molecule has 0 amide bonds. The van der Waals surface area contributed by atoms with Crippen LogP contribution in [-0.2, 0) is 0 Å². The van der Waals surface area contributed by atoms with Crippen molar-refractivity contribution in [1.82, 2.24) is 0 Å². The largest absolute Gasteiger partial charge is 0.192 e. The second-order valence-electron chi connectivity index (χ2n) is 17.4. The molecular formula is C65H39N. The van der Waals surface area contributed by atoms with Gasteiger partial charge in [-0.1, -0.05) is 212 Å². The highest BCUT2D eigenvalue weighted by molar-refractivity contribution is 6.29. The molecule has 0 bridgehead atoms. The van der Waals surface area contributed by atoms with Gasteiger partial charge in [0.1, 0.15) is 0 Å². The predicted molar refractivity (Wildman–Crippen MR) is 278 cm³/mol. The lowest BCUT2D eigenvalue weighted by atomic mass is 9.82. The summed E-state index contributed by atoms with van der Waals surface area (Å²) < 4.78 is 0. The van der Waals surface area contributed by atoms with Crippen LogP contribution < -0.4 is 0 Å². The second-order valence-corrected chi connectivity index (χ2v) is 17.4. The molecule has 0 atom stereocenters. The normalized spacial score (nSPS) is 11.6. The van der Waals surface area contributed by atoms with Gasteiger partial charge in [-0.2, -0.15) is 5.26 Å².